The van der Waals surface area contributed by atoms with Crippen LogP contribution in [0.15, 0.2) is 60.7 Å². The molecule has 3 aromatic carbocycles. The average Bonchev–Trinajstić information content (AvgIpc) is 2.47. The summed E-state index contributed by atoms with van der Waals surface area (Å²) in [6.07, 6.45) is 0. The number of benzene rings is 3. The van der Waals surface area contributed by atoms with E-state index in [1.54, 1.807) is 36.4 Å². The van der Waals surface area contributed by atoms with Crippen LogP contribution >= 0.6 is 0 Å². The molecule has 0 unspecified atom stereocenters. The third-order valence-corrected chi connectivity index (χ3v) is 3.29. The highest BCUT2D eigenvalue weighted by Gasteiger charge is 2.04. The van der Waals surface area contributed by atoms with Gasteiger partial charge in [-0.25, -0.2) is 4.79 Å². The summed E-state index contributed by atoms with van der Waals surface area (Å²) in [6.45, 7) is 0. The van der Waals surface area contributed by atoms with Gasteiger partial charge in [-0.05, 0) is 52.2 Å². The minimum absolute atomic E-state index is 0.246. The van der Waals surface area contributed by atoms with Crippen LogP contribution in [0.2, 0.25) is 0 Å². The number of phenols is 1. The lowest BCUT2D eigenvalue weighted by Crippen LogP contribution is -1.94. The summed E-state index contributed by atoms with van der Waals surface area (Å²) in [4.78, 5) is 10.8. The number of carboxylic acid groups (broad SMARTS) is 1. The second-order valence-electron chi connectivity index (χ2n) is 4.63. The Morgan fingerprint density at radius 1 is 0.750 bits per heavy atom. The number of phenolic OH excluding ortho intramolecular Hbond substituents is 1. The van der Waals surface area contributed by atoms with Gasteiger partial charge >= 0.3 is 5.97 Å². The Kier molecular flexibility index (Phi) is 2.88. The number of hydrogen-bond donors (Lipinski definition) is 2. The van der Waals surface area contributed by atoms with Gasteiger partial charge in [-0.3, -0.25) is 0 Å². The third-order valence-electron chi connectivity index (χ3n) is 3.29. The van der Waals surface area contributed by atoms with Crippen molar-refractivity contribution in [3.8, 4) is 16.9 Å². The van der Waals surface area contributed by atoms with Crippen LogP contribution in [0.5, 0.6) is 5.75 Å². The molecule has 3 nitrogen and oxygen atoms in total. The highest BCUT2D eigenvalue weighted by Crippen LogP contribution is 2.26. The van der Waals surface area contributed by atoms with Gasteiger partial charge in [-0.1, -0.05) is 30.3 Å². The van der Waals surface area contributed by atoms with Crippen molar-refractivity contribution >= 4 is 16.7 Å². The Bertz CT molecular complexity index is 789. The number of fused-ring (bicyclic) bond motifs is 1. The van der Waals surface area contributed by atoms with E-state index in [2.05, 4.69) is 0 Å². The van der Waals surface area contributed by atoms with Crippen LogP contribution in [0.1, 0.15) is 10.4 Å². The quantitative estimate of drug-likeness (QED) is 0.737. The molecule has 0 bridgehead atoms. The van der Waals surface area contributed by atoms with Crippen molar-refractivity contribution in [2.75, 3.05) is 0 Å². The predicted octanol–water partition coefficient (Wildman–Crippen LogP) is 3.91. The van der Waals surface area contributed by atoms with E-state index in [1.165, 1.54) is 0 Å². The Labute approximate surface area is 115 Å². The van der Waals surface area contributed by atoms with E-state index in [1.807, 2.05) is 24.3 Å². The topological polar surface area (TPSA) is 57.5 Å². The number of carboxylic acids is 1. The first kappa shape index (κ1) is 12.2. The minimum atomic E-state index is -0.925. The molecule has 3 rings (SSSR count). The van der Waals surface area contributed by atoms with E-state index < -0.39 is 5.97 Å². The summed E-state index contributed by atoms with van der Waals surface area (Å²) < 4.78 is 0. The number of aromatic hydroxyl groups is 1. The van der Waals surface area contributed by atoms with E-state index in [9.17, 15) is 9.90 Å². The van der Waals surface area contributed by atoms with Crippen molar-refractivity contribution in [3.63, 3.8) is 0 Å². The fourth-order valence-electron chi connectivity index (χ4n) is 2.22. The van der Waals surface area contributed by atoms with Crippen LogP contribution in [0.25, 0.3) is 21.9 Å². The standard InChI is InChI=1S/C17H12O3/c18-16-8-7-14-9-13(5-6-15(14)10-16)11-1-3-12(4-2-11)17(19)20/h1-10,18H,(H,19,20). The molecule has 3 heteroatoms. The first-order valence-electron chi connectivity index (χ1n) is 6.20. The Hall–Kier alpha value is -2.81. The summed E-state index contributed by atoms with van der Waals surface area (Å²) >= 11 is 0. The largest absolute Gasteiger partial charge is 0.508 e. The first-order valence-corrected chi connectivity index (χ1v) is 6.20. The summed E-state index contributed by atoms with van der Waals surface area (Å²) in [5, 5.41) is 20.3. The Morgan fingerprint density at radius 2 is 1.35 bits per heavy atom. The molecule has 20 heavy (non-hydrogen) atoms. The molecule has 0 saturated carbocycles. The smallest absolute Gasteiger partial charge is 0.335 e. The maximum atomic E-state index is 10.8. The van der Waals surface area contributed by atoms with E-state index in [4.69, 9.17) is 5.11 Å². The molecule has 0 atom stereocenters. The number of carbonyl (C=O) groups is 1. The number of aromatic carboxylic acids is 1. The zero-order chi connectivity index (χ0) is 14.1. The van der Waals surface area contributed by atoms with E-state index in [0.29, 0.717) is 0 Å². The van der Waals surface area contributed by atoms with Crippen LogP contribution in [-0.4, -0.2) is 16.2 Å². The summed E-state index contributed by atoms with van der Waals surface area (Å²) in [5.74, 6) is -0.679. The van der Waals surface area contributed by atoms with Crippen molar-refractivity contribution in [2.24, 2.45) is 0 Å². The van der Waals surface area contributed by atoms with Crippen LogP contribution < -0.4 is 0 Å². The van der Waals surface area contributed by atoms with Gasteiger partial charge in [0, 0.05) is 0 Å². The Morgan fingerprint density at radius 3 is 2.05 bits per heavy atom. The molecule has 0 radical (unpaired) electrons. The van der Waals surface area contributed by atoms with Gasteiger partial charge in [0.2, 0.25) is 0 Å². The fraction of sp³-hybridized carbons (Fsp3) is 0. The van der Waals surface area contributed by atoms with E-state index in [-0.39, 0.29) is 11.3 Å². The van der Waals surface area contributed by atoms with Gasteiger partial charge in [-0.15, -0.1) is 0 Å². The molecular weight excluding hydrogens is 252 g/mol. The highest BCUT2D eigenvalue weighted by molar-refractivity contribution is 5.90. The van der Waals surface area contributed by atoms with Gasteiger partial charge in [0.15, 0.2) is 0 Å². The van der Waals surface area contributed by atoms with Crippen LogP contribution in [0, 0.1) is 0 Å². The second-order valence-corrected chi connectivity index (χ2v) is 4.63. The van der Waals surface area contributed by atoms with Crippen molar-refractivity contribution in [1.29, 1.82) is 0 Å². The van der Waals surface area contributed by atoms with Crippen LogP contribution in [0.3, 0.4) is 0 Å². The molecule has 0 heterocycles. The molecule has 0 fully saturated rings. The SMILES string of the molecule is O=C(O)c1ccc(-c2ccc3cc(O)ccc3c2)cc1. The zero-order valence-electron chi connectivity index (χ0n) is 10.6. The van der Waals surface area contributed by atoms with Gasteiger partial charge in [-0.2, -0.15) is 0 Å². The third kappa shape index (κ3) is 2.21. The summed E-state index contributed by atoms with van der Waals surface area (Å²) in [6, 6.07) is 17.9. The zero-order valence-corrected chi connectivity index (χ0v) is 10.6. The molecule has 0 saturated heterocycles. The molecule has 3 aromatic rings. The molecule has 0 amide bonds. The van der Waals surface area contributed by atoms with Crippen LogP contribution in [-0.2, 0) is 0 Å². The predicted molar refractivity (Wildman–Crippen MR) is 78.0 cm³/mol. The second kappa shape index (κ2) is 4.70. The first-order chi connectivity index (χ1) is 9.63. The van der Waals surface area contributed by atoms with Crippen molar-refractivity contribution in [1.82, 2.24) is 0 Å². The van der Waals surface area contributed by atoms with Gasteiger partial charge in [0.05, 0.1) is 5.56 Å². The van der Waals surface area contributed by atoms with Crippen LogP contribution in [0.4, 0.5) is 0 Å². The average molecular weight is 264 g/mol. The van der Waals surface area contributed by atoms with Gasteiger partial charge < -0.3 is 10.2 Å². The number of rotatable bonds is 2. The molecule has 2 N–H and O–H groups in total. The maximum absolute atomic E-state index is 10.8. The summed E-state index contributed by atoms with van der Waals surface area (Å²) in [5.41, 5.74) is 2.25. The normalized spacial score (nSPS) is 10.6. The fourth-order valence-corrected chi connectivity index (χ4v) is 2.22. The monoisotopic (exact) mass is 264 g/mol. The minimum Gasteiger partial charge on any atom is -0.508 e. The molecule has 98 valence electrons. The van der Waals surface area contributed by atoms with Gasteiger partial charge in [0.25, 0.3) is 0 Å². The summed E-state index contributed by atoms with van der Waals surface area (Å²) in [7, 11) is 0. The lowest BCUT2D eigenvalue weighted by molar-refractivity contribution is 0.0697. The molecule has 0 aliphatic carbocycles. The van der Waals surface area contributed by atoms with E-state index in [0.717, 1.165) is 21.9 Å². The Balaban J connectivity index is 2.05. The maximum Gasteiger partial charge on any atom is 0.335 e. The molecule has 0 aromatic heterocycles. The van der Waals surface area contributed by atoms with Crippen molar-refractivity contribution in [3.05, 3.63) is 66.2 Å². The number of hydrogen-bond acceptors (Lipinski definition) is 2. The van der Waals surface area contributed by atoms with Crippen molar-refractivity contribution in [2.45, 2.75) is 0 Å². The van der Waals surface area contributed by atoms with E-state index >= 15 is 0 Å². The molecule has 0 spiro atoms. The van der Waals surface area contributed by atoms with Gasteiger partial charge in [0.1, 0.15) is 5.75 Å². The highest BCUT2D eigenvalue weighted by atomic mass is 16.4. The lowest BCUT2D eigenvalue weighted by Gasteiger charge is -2.05. The molecule has 0 aliphatic heterocycles. The lowest BCUT2D eigenvalue weighted by atomic mass is 10.0. The molecule has 0 aliphatic rings. The van der Waals surface area contributed by atoms with Crippen molar-refractivity contribution < 1.29 is 15.0 Å². The molecular formula is C17H12O3.